The van der Waals surface area contributed by atoms with Gasteiger partial charge in [-0.25, -0.2) is 0 Å². The number of halogens is 1. The average Bonchev–Trinajstić information content (AvgIpc) is 2.70. The van der Waals surface area contributed by atoms with E-state index >= 15 is 0 Å². The van der Waals surface area contributed by atoms with Gasteiger partial charge in [0.2, 0.25) is 0 Å². The molecular formula is C17H24BrNO. The fourth-order valence-corrected chi connectivity index (χ4v) is 3.28. The number of benzene rings is 1. The maximum absolute atomic E-state index is 12.2. The van der Waals surface area contributed by atoms with Crippen molar-refractivity contribution in [3.8, 4) is 0 Å². The van der Waals surface area contributed by atoms with Gasteiger partial charge in [-0.2, -0.15) is 0 Å². The Bertz CT molecular complexity index is 429. The number of carbonyl (C=O) groups excluding carboxylic acids is 1. The van der Waals surface area contributed by atoms with Crippen LogP contribution in [0.4, 0.5) is 0 Å². The summed E-state index contributed by atoms with van der Waals surface area (Å²) in [5.41, 5.74) is 0.830. The molecule has 0 bridgehead atoms. The van der Waals surface area contributed by atoms with Gasteiger partial charge >= 0.3 is 0 Å². The van der Waals surface area contributed by atoms with E-state index in [0.29, 0.717) is 12.5 Å². The summed E-state index contributed by atoms with van der Waals surface area (Å²) in [5, 5.41) is 0. The first kappa shape index (κ1) is 15.7. The number of carbonyl (C=O) groups is 1. The predicted octanol–water partition coefficient (Wildman–Crippen LogP) is 4.68. The van der Waals surface area contributed by atoms with E-state index in [2.05, 4.69) is 27.8 Å². The van der Waals surface area contributed by atoms with Crippen molar-refractivity contribution in [2.75, 3.05) is 13.1 Å². The third-order valence-corrected chi connectivity index (χ3v) is 4.79. The minimum atomic E-state index is 0.261. The minimum Gasteiger partial charge on any atom is -0.300 e. The molecular weight excluding hydrogens is 314 g/mol. The third-order valence-electron chi connectivity index (χ3n) is 4.26. The molecule has 1 atom stereocenters. The standard InChI is InChI=1S/C17H24BrNO/c1-2-16-6-4-3-5-12-19(16)13-11-17(20)14-7-9-15(18)10-8-14/h7-10,16H,2-6,11-13H2,1H3. The quantitative estimate of drug-likeness (QED) is 0.727. The van der Waals surface area contributed by atoms with E-state index in [0.717, 1.165) is 23.1 Å². The Kier molecular flexibility index (Phi) is 6.24. The second-order valence-corrected chi connectivity index (χ2v) is 6.54. The largest absolute Gasteiger partial charge is 0.300 e. The van der Waals surface area contributed by atoms with Gasteiger partial charge in [0.1, 0.15) is 0 Å². The Morgan fingerprint density at radius 1 is 1.25 bits per heavy atom. The van der Waals surface area contributed by atoms with Crippen molar-refractivity contribution in [1.29, 1.82) is 0 Å². The second kappa shape index (κ2) is 7.94. The molecule has 0 aromatic heterocycles. The predicted molar refractivity (Wildman–Crippen MR) is 87.2 cm³/mol. The summed E-state index contributed by atoms with van der Waals surface area (Å²) in [4.78, 5) is 14.8. The van der Waals surface area contributed by atoms with E-state index < -0.39 is 0 Å². The van der Waals surface area contributed by atoms with Gasteiger partial charge in [0, 0.05) is 29.0 Å². The zero-order chi connectivity index (χ0) is 14.4. The smallest absolute Gasteiger partial charge is 0.164 e. The summed E-state index contributed by atoms with van der Waals surface area (Å²) in [6.07, 6.45) is 7.10. The highest BCUT2D eigenvalue weighted by Crippen LogP contribution is 2.20. The number of rotatable bonds is 5. The van der Waals surface area contributed by atoms with Crippen LogP contribution < -0.4 is 0 Å². The Morgan fingerprint density at radius 3 is 2.70 bits per heavy atom. The monoisotopic (exact) mass is 337 g/mol. The number of ketones is 1. The molecule has 0 radical (unpaired) electrons. The Hall–Kier alpha value is -0.670. The highest BCUT2D eigenvalue weighted by atomic mass is 79.9. The van der Waals surface area contributed by atoms with Crippen LogP contribution in [-0.2, 0) is 0 Å². The van der Waals surface area contributed by atoms with Crippen molar-refractivity contribution in [3.05, 3.63) is 34.3 Å². The zero-order valence-electron chi connectivity index (χ0n) is 12.3. The van der Waals surface area contributed by atoms with Gasteiger partial charge in [0.15, 0.2) is 5.78 Å². The summed E-state index contributed by atoms with van der Waals surface area (Å²) in [5.74, 6) is 0.261. The number of hydrogen-bond donors (Lipinski definition) is 0. The molecule has 1 unspecified atom stereocenters. The molecule has 1 saturated heterocycles. The lowest BCUT2D eigenvalue weighted by Gasteiger charge is -2.28. The van der Waals surface area contributed by atoms with Crippen LogP contribution in [0.1, 0.15) is 55.8 Å². The molecule has 1 aliphatic heterocycles. The van der Waals surface area contributed by atoms with Gasteiger partial charge in [-0.3, -0.25) is 9.69 Å². The lowest BCUT2D eigenvalue weighted by molar-refractivity contribution is 0.0949. The average molecular weight is 338 g/mol. The summed E-state index contributed by atoms with van der Waals surface area (Å²) < 4.78 is 1.02. The van der Waals surface area contributed by atoms with Crippen LogP contribution in [-0.4, -0.2) is 29.8 Å². The van der Waals surface area contributed by atoms with Crippen LogP contribution in [0, 0.1) is 0 Å². The lowest BCUT2D eigenvalue weighted by atomic mass is 10.1. The topological polar surface area (TPSA) is 20.3 Å². The van der Waals surface area contributed by atoms with E-state index in [9.17, 15) is 4.79 Å². The molecule has 2 rings (SSSR count). The molecule has 1 aliphatic rings. The molecule has 110 valence electrons. The van der Waals surface area contributed by atoms with Crippen LogP contribution in [0.25, 0.3) is 0 Å². The first-order valence-corrected chi connectivity index (χ1v) is 8.53. The molecule has 1 heterocycles. The Balaban J connectivity index is 1.89. The normalized spacial score (nSPS) is 20.6. The van der Waals surface area contributed by atoms with Crippen LogP contribution in [0.5, 0.6) is 0 Å². The van der Waals surface area contributed by atoms with E-state index in [1.165, 1.54) is 32.1 Å². The van der Waals surface area contributed by atoms with Crippen LogP contribution >= 0.6 is 15.9 Å². The van der Waals surface area contributed by atoms with Crippen LogP contribution in [0.3, 0.4) is 0 Å². The van der Waals surface area contributed by atoms with Gasteiger partial charge in [0.25, 0.3) is 0 Å². The van der Waals surface area contributed by atoms with Gasteiger partial charge in [-0.1, -0.05) is 47.8 Å². The molecule has 1 aromatic rings. The maximum atomic E-state index is 12.2. The van der Waals surface area contributed by atoms with Gasteiger partial charge < -0.3 is 0 Å². The molecule has 1 aromatic carbocycles. The van der Waals surface area contributed by atoms with E-state index in [1.807, 2.05) is 24.3 Å². The van der Waals surface area contributed by atoms with Crippen LogP contribution in [0.15, 0.2) is 28.7 Å². The summed E-state index contributed by atoms with van der Waals surface area (Å²) in [6, 6.07) is 8.37. The van der Waals surface area contributed by atoms with Gasteiger partial charge in [-0.05, 0) is 37.9 Å². The zero-order valence-corrected chi connectivity index (χ0v) is 13.9. The van der Waals surface area contributed by atoms with E-state index in [4.69, 9.17) is 0 Å². The van der Waals surface area contributed by atoms with Crippen molar-refractivity contribution in [3.63, 3.8) is 0 Å². The number of nitrogens with zero attached hydrogens (tertiary/aromatic N) is 1. The minimum absolute atomic E-state index is 0.261. The lowest BCUT2D eigenvalue weighted by Crippen LogP contribution is -2.36. The molecule has 0 N–H and O–H groups in total. The molecule has 2 nitrogen and oxygen atoms in total. The highest BCUT2D eigenvalue weighted by Gasteiger charge is 2.20. The number of hydrogen-bond acceptors (Lipinski definition) is 2. The molecule has 20 heavy (non-hydrogen) atoms. The summed E-state index contributed by atoms with van der Waals surface area (Å²) in [7, 11) is 0. The summed E-state index contributed by atoms with van der Waals surface area (Å²) >= 11 is 3.40. The SMILES string of the molecule is CCC1CCCCCN1CCC(=O)c1ccc(Br)cc1. The molecule has 0 amide bonds. The Labute approximate surface area is 130 Å². The maximum Gasteiger partial charge on any atom is 0.164 e. The van der Waals surface area contributed by atoms with Crippen molar-refractivity contribution >= 4 is 21.7 Å². The van der Waals surface area contributed by atoms with Crippen LogP contribution in [0.2, 0.25) is 0 Å². The third kappa shape index (κ3) is 4.42. The van der Waals surface area contributed by atoms with Gasteiger partial charge in [0.05, 0.1) is 0 Å². The Morgan fingerprint density at radius 2 is 2.00 bits per heavy atom. The molecule has 1 fully saturated rings. The molecule has 0 aliphatic carbocycles. The van der Waals surface area contributed by atoms with Gasteiger partial charge in [-0.15, -0.1) is 0 Å². The fourth-order valence-electron chi connectivity index (χ4n) is 3.02. The van der Waals surface area contributed by atoms with Crippen molar-refractivity contribution in [1.82, 2.24) is 4.90 Å². The fraction of sp³-hybridized carbons (Fsp3) is 0.588. The van der Waals surface area contributed by atoms with Crippen molar-refractivity contribution in [2.24, 2.45) is 0 Å². The second-order valence-electron chi connectivity index (χ2n) is 5.63. The summed E-state index contributed by atoms with van der Waals surface area (Å²) in [6.45, 7) is 4.33. The number of Topliss-reactive ketones (excluding diaryl/α,β-unsaturated/α-hetero) is 1. The van der Waals surface area contributed by atoms with E-state index in [-0.39, 0.29) is 5.78 Å². The first-order valence-electron chi connectivity index (χ1n) is 7.73. The van der Waals surface area contributed by atoms with Crippen molar-refractivity contribution < 1.29 is 4.79 Å². The van der Waals surface area contributed by atoms with E-state index in [1.54, 1.807) is 0 Å². The molecule has 0 saturated carbocycles. The van der Waals surface area contributed by atoms with Crippen molar-refractivity contribution in [2.45, 2.75) is 51.5 Å². The highest BCUT2D eigenvalue weighted by molar-refractivity contribution is 9.10. The number of likely N-dealkylation sites (tertiary alicyclic amines) is 1. The molecule has 0 spiro atoms. The molecule has 3 heteroatoms. The first-order chi connectivity index (χ1) is 9.70.